The van der Waals surface area contributed by atoms with E-state index in [4.69, 9.17) is 5.73 Å². The molecule has 4 rings (SSSR count). The second-order valence-corrected chi connectivity index (χ2v) is 6.40. The second-order valence-electron chi connectivity index (χ2n) is 6.40. The quantitative estimate of drug-likeness (QED) is 0.574. The lowest BCUT2D eigenvalue weighted by Crippen LogP contribution is -1.97. The maximum absolute atomic E-state index is 9.51. The minimum absolute atomic E-state index is 0. The van der Waals surface area contributed by atoms with E-state index in [1.54, 1.807) is 4.68 Å². The van der Waals surface area contributed by atoms with E-state index in [0.29, 0.717) is 11.5 Å². The van der Waals surface area contributed by atoms with Crippen LogP contribution in [-0.2, 0) is 14.1 Å². The van der Waals surface area contributed by atoms with Crippen LogP contribution in [0.3, 0.4) is 0 Å². The summed E-state index contributed by atoms with van der Waals surface area (Å²) in [6.07, 6.45) is 1.82. The Bertz CT molecular complexity index is 1200. The summed E-state index contributed by atoms with van der Waals surface area (Å²) in [5.41, 5.74) is 13.2. The van der Waals surface area contributed by atoms with Crippen molar-refractivity contribution in [3.63, 3.8) is 0 Å². The summed E-state index contributed by atoms with van der Waals surface area (Å²) in [6.45, 7) is 2.05. The number of hydrogen-bond donors (Lipinski definition) is 1. The number of nitrogen functional groups attached to an aromatic ring is 1. The lowest BCUT2D eigenvalue weighted by atomic mass is 9.96. The van der Waals surface area contributed by atoms with Crippen molar-refractivity contribution in [3.05, 3.63) is 53.7 Å². The molecule has 0 aliphatic rings. The van der Waals surface area contributed by atoms with Crippen LogP contribution in [0.1, 0.15) is 11.1 Å². The number of benzene rings is 2. The van der Waals surface area contributed by atoms with Gasteiger partial charge in [0.2, 0.25) is 5.95 Å². The van der Waals surface area contributed by atoms with Crippen LogP contribution in [0.4, 0.5) is 5.95 Å². The van der Waals surface area contributed by atoms with Gasteiger partial charge in [-0.2, -0.15) is 10.4 Å². The SMILES string of the molecule is Cc1cc(-c2cnn(C)c2-c2ccccc2C#N)c2nc(N)n(C)c2c1.Cl. The van der Waals surface area contributed by atoms with Crippen molar-refractivity contribution in [2.75, 3.05) is 5.73 Å². The smallest absolute Gasteiger partial charge is 0.200 e. The summed E-state index contributed by atoms with van der Waals surface area (Å²) in [5, 5.41) is 14.0. The molecule has 6 nitrogen and oxygen atoms in total. The normalized spacial score (nSPS) is 10.6. The van der Waals surface area contributed by atoms with E-state index in [1.807, 2.05) is 56.0 Å². The number of aromatic nitrogens is 4. The molecule has 0 saturated carbocycles. The average Bonchev–Trinajstić information content (AvgIpc) is 3.15. The van der Waals surface area contributed by atoms with Crippen LogP contribution in [0.2, 0.25) is 0 Å². The molecule has 0 aliphatic carbocycles. The van der Waals surface area contributed by atoms with Crippen LogP contribution in [0.15, 0.2) is 42.6 Å². The van der Waals surface area contributed by atoms with Gasteiger partial charge in [-0.25, -0.2) is 4.98 Å². The van der Waals surface area contributed by atoms with Crippen LogP contribution < -0.4 is 5.73 Å². The molecular formula is C20H19ClN6. The van der Waals surface area contributed by atoms with Gasteiger partial charge >= 0.3 is 0 Å². The van der Waals surface area contributed by atoms with Crippen LogP contribution in [0.25, 0.3) is 33.4 Å². The van der Waals surface area contributed by atoms with Crippen molar-refractivity contribution in [3.8, 4) is 28.5 Å². The number of nitriles is 1. The van der Waals surface area contributed by atoms with Crippen molar-refractivity contribution >= 4 is 29.4 Å². The zero-order valence-electron chi connectivity index (χ0n) is 15.3. The molecule has 0 saturated heterocycles. The largest absolute Gasteiger partial charge is 0.369 e. The Morgan fingerprint density at radius 2 is 1.81 bits per heavy atom. The molecule has 0 unspecified atom stereocenters. The van der Waals surface area contributed by atoms with Gasteiger partial charge in [0.1, 0.15) is 0 Å². The maximum atomic E-state index is 9.51. The van der Waals surface area contributed by atoms with Gasteiger partial charge in [-0.3, -0.25) is 4.68 Å². The number of rotatable bonds is 2. The van der Waals surface area contributed by atoms with Gasteiger partial charge in [-0.15, -0.1) is 12.4 Å². The summed E-state index contributed by atoms with van der Waals surface area (Å²) in [5.74, 6) is 0.467. The number of nitrogens with zero attached hydrogens (tertiary/aromatic N) is 5. The van der Waals surface area contributed by atoms with Crippen molar-refractivity contribution in [2.45, 2.75) is 6.92 Å². The van der Waals surface area contributed by atoms with E-state index >= 15 is 0 Å². The molecule has 2 heterocycles. The fourth-order valence-corrected chi connectivity index (χ4v) is 3.39. The van der Waals surface area contributed by atoms with Gasteiger partial charge in [0, 0.05) is 30.8 Å². The summed E-state index contributed by atoms with van der Waals surface area (Å²) in [6, 6.07) is 14.0. The first-order chi connectivity index (χ1) is 12.5. The summed E-state index contributed by atoms with van der Waals surface area (Å²) < 4.78 is 3.68. The number of halogens is 1. The Hall–Kier alpha value is -3.30. The van der Waals surface area contributed by atoms with Crippen molar-refractivity contribution in [1.29, 1.82) is 5.26 Å². The van der Waals surface area contributed by atoms with Gasteiger partial charge in [-0.05, 0) is 30.7 Å². The van der Waals surface area contributed by atoms with E-state index in [2.05, 4.69) is 28.3 Å². The van der Waals surface area contributed by atoms with Crippen LogP contribution in [0.5, 0.6) is 0 Å². The monoisotopic (exact) mass is 378 g/mol. The zero-order chi connectivity index (χ0) is 18.4. The number of fused-ring (bicyclic) bond motifs is 1. The summed E-state index contributed by atoms with van der Waals surface area (Å²) in [4.78, 5) is 4.56. The Labute approximate surface area is 163 Å². The van der Waals surface area contributed by atoms with Gasteiger partial charge in [0.15, 0.2) is 0 Å². The molecule has 0 bridgehead atoms. The van der Waals surface area contributed by atoms with Gasteiger partial charge < -0.3 is 10.3 Å². The van der Waals surface area contributed by atoms with E-state index in [9.17, 15) is 5.26 Å². The van der Waals surface area contributed by atoms with E-state index in [-0.39, 0.29) is 12.4 Å². The first-order valence-electron chi connectivity index (χ1n) is 8.25. The highest BCUT2D eigenvalue weighted by Crippen LogP contribution is 2.37. The molecule has 0 aliphatic heterocycles. The molecule has 0 spiro atoms. The first kappa shape index (κ1) is 18.5. The predicted molar refractivity (Wildman–Crippen MR) is 109 cm³/mol. The topological polar surface area (TPSA) is 85.4 Å². The van der Waals surface area contributed by atoms with E-state index in [1.165, 1.54) is 0 Å². The molecule has 0 atom stereocenters. The van der Waals surface area contributed by atoms with E-state index in [0.717, 1.165) is 39.0 Å². The number of imidazole rings is 1. The molecule has 0 amide bonds. The Morgan fingerprint density at radius 3 is 2.56 bits per heavy atom. The third-order valence-corrected chi connectivity index (χ3v) is 4.70. The highest BCUT2D eigenvalue weighted by Gasteiger charge is 2.20. The Balaban J connectivity index is 0.00000210. The minimum Gasteiger partial charge on any atom is -0.369 e. The number of anilines is 1. The third kappa shape index (κ3) is 2.82. The number of aryl methyl sites for hydroxylation is 3. The third-order valence-electron chi connectivity index (χ3n) is 4.70. The summed E-state index contributed by atoms with van der Waals surface area (Å²) >= 11 is 0. The van der Waals surface area contributed by atoms with Gasteiger partial charge in [-0.1, -0.05) is 18.2 Å². The summed E-state index contributed by atoms with van der Waals surface area (Å²) in [7, 11) is 3.79. The maximum Gasteiger partial charge on any atom is 0.200 e. The molecule has 0 radical (unpaired) electrons. The van der Waals surface area contributed by atoms with Gasteiger partial charge in [0.05, 0.1) is 34.6 Å². The van der Waals surface area contributed by atoms with E-state index < -0.39 is 0 Å². The fourth-order valence-electron chi connectivity index (χ4n) is 3.39. The Kier molecular flexibility index (Phi) is 4.64. The molecule has 2 N–H and O–H groups in total. The van der Waals surface area contributed by atoms with Crippen LogP contribution in [-0.4, -0.2) is 19.3 Å². The first-order valence-corrected chi connectivity index (χ1v) is 8.25. The Morgan fingerprint density at radius 1 is 1.07 bits per heavy atom. The van der Waals surface area contributed by atoms with Crippen molar-refractivity contribution in [1.82, 2.24) is 19.3 Å². The van der Waals surface area contributed by atoms with Crippen molar-refractivity contribution < 1.29 is 0 Å². The number of hydrogen-bond acceptors (Lipinski definition) is 4. The zero-order valence-corrected chi connectivity index (χ0v) is 16.1. The molecule has 2 aromatic heterocycles. The van der Waals surface area contributed by atoms with Crippen molar-refractivity contribution in [2.24, 2.45) is 14.1 Å². The van der Waals surface area contributed by atoms with Crippen LogP contribution >= 0.6 is 12.4 Å². The van der Waals surface area contributed by atoms with Gasteiger partial charge in [0.25, 0.3) is 0 Å². The molecule has 4 aromatic rings. The lowest BCUT2D eigenvalue weighted by Gasteiger charge is -2.10. The highest BCUT2D eigenvalue weighted by atomic mass is 35.5. The standard InChI is InChI=1S/C20H18N6.ClH/c1-12-8-15(18-17(9-12)25(2)20(22)24-18)16-11-23-26(3)19(16)14-7-5-4-6-13(14)10-21;/h4-9,11H,1-3H3,(H2,22,24);1H. The lowest BCUT2D eigenvalue weighted by molar-refractivity contribution is 0.776. The van der Waals surface area contributed by atoms with Crippen LogP contribution in [0, 0.1) is 18.3 Å². The fraction of sp³-hybridized carbons (Fsp3) is 0.150. The molecule has 0 fully saturated rings. The predicted octanol–water partition coefficient (Wildman–Crippen LogP) is 3.82. The molecular weight excluding hydrogens is 360 g/mol. The molecule has 7 heteroatoms. The average molecular weight is 379 g/mol. The number of nitrogens with two attached hydrogens (primary N) is 1. The molecule has 2 aromatic carbocycles. The molecule has 27 heavy (non-hydrogen) atoms. The second kappa shape index (κ2) is 6.78. The minimum atomic E-state index is 0. The highest BCUT2D eigenvalue weighted by molar-refractivity contribution is 5.98. The molecule has 136 valence electrons.